The highest BCUT2D eigenvalue weighted by Crippen LogP contribution is 2.16. The Labute approximate surface area is 120 Å². The van der Waals surface area contributed by atoms with E-state index in [-0.39, 0.29) is 5.56 Å². The van der Waals surface area contributed by atoms with Gasteiger partial charge in [0, 0.05) is 5.39 Å². The van der Waals surface area contributed by atoms with E-state index in [0.717, 1.165) is 16.5 Å². The highest BCUT2D eigenvalue weighted by Gasteiger charge is 2.08. The number of hydrogen-bond donors (Lipinski definition) is 0. The predicted molar refractivity (Wildman–Crippen MR) is 82.5 cm³/mol. The van der Waals surface area contributed by atoms with Gasteiger partial charge in [-0.15, -0.1) is 0 Å². The zero-order valence-electron chi connectivity index (χ0n) is 11.3. The first-order valence-electron chi connectivity index (χ1n) is 6.83. The van der Waals surface area contributed by atoms with Crippen LogP contribution >= 0.6 is 0 Å². The van der Waals surface area contributed by atoms with E-state index in [1.165, 1.54) is 4.68 Å². The van der Waals surface area contributed by atoms with Gasteiger partial charge in [-0.1, -0.05) is 48.5 Å². The second kappa shape index (κ2) is 4.59. The molecule has 2 aromatic carbocycles. The van der Waals surface area contributed by atoms with Gasteiger partial charge in [-0.25, -0.2) is 4.68 Å². The third kappa shape index (κ3) is 1.92. The lowest BCUT2D eigenvalue weighted by Crippen LogP contribution is -2.24. The Kier molecular flexibility index (Phi) is 2.60. The smallest absolute Gasteiger partial charge is 0.291 e. The Hall–Kier alpha value is -2.88. The van der Waals surface area contributed by atoms with E-state index in [1.807, 2.05) is 65.1 Å². The molecule has 0 unspecified atom stereocenters. The quantitative estimate of drug-likeness (QED) is 0.564. The number of benzene rings is 2. The number of rotatable bonds is 2. The van der Waals surface area contributed by atoms with Crippen molar-refractivity contribution in [2.24, 2.45) is 0 Å². The van der Waals surface area contributed by atoms with E-state index in [9.17, 15) is 4.79 Å². The van der Waals surface area contributed by atoms with Crippen molar-refractivity contribution in [1.29, 1.82) is 0 Å². The Balaban J connectivity index is 1.90. The fraction of sp³-hybridized carbons (Fsp3) is 0.0588. The molecule has 2 heterocycles. The Morgan fingerprint density at radius 3 is 2.52 bits per heavy atom. The second-order valence-electron chi connectivity index (χ2n) is 5.04. The molecule has 0 bridgehead atoms. The molecule has 0 radical (unpaired) electrons. The molecule has 0 saturated heterocycles. The van der Waals surface area contributed by atoms with E-state index in [0.29, 0.717) is 12.1 Å². The minimum Gasteiger partial charge on any atom is -0.294 e. The molecule has 4 nitrogen and oxygen atoms in total. The summed E-state index contributed by atoms with van der Waals surface area (Å²) in [5.41, 5.74) is 2.65. The van der Waals surface area contributed by atoms with Gasteiger partial charge in [0.05, 0.1) is 12.1 Å². The van der Waals surface area contributed by atoms with Gasteiger partial charge < -0.3 is 0 Å². The number of nitrogens with zero attached hydrogens (tertiary/aromatic N) is 3. The van der Waals surface area contributed by atoms with E-state index < -0.39 is 0 Å². The van der Waals surface area contributed by atoms with E-state index in [4.69, 9.17) is 0 Å². The molecule has 21 heavy (non-hydrogen) atoms. The predicted octanol–water partition coefficient (Wildman–Crippen LogP) is 2.70. The maximum Gasteiger partial charge on any atom is 0.291 e. The maximum absolute atomic E-state index is 12.6. The van der Waals surface area contributed by atoms with Crippen LogP contribution in [0.3, 0.4) is 0 Å². The summed E-state index contributed by atoms with van der Waals surface area (Å²) < 4.78 is 3.35. The summed E-state index contributed by atoms with van der Waals surface area (Å²) >= 11 is 0. The van der Waals surface area contributed by atoms with Crippen molar-refractivity contribution < 1.29 is 0 Å². The van der Waals surface area contributed by atoms with Crippen molar-refractivity contribution in [3.63, 3.8) is 0 Å². The van der Waals surface area contributed by atoms with Crippen molar-refractivity contribution in [2.45, 2.75) is 6.54 Å². The average molecular weight is 275 g/mol. The summed E-state index contributed by atoms with van der Waals surface area (Å²) in [6.07, 6.45) is 1.71. The Morgan fingerprint density at radius 2 is 1.67 bits per heavy atom. The molecule has 0 N–H and O–H groups in total. The molecule has 4 heteroatoms. The van der Waals surface area contributed by atoms with Crippen LogP contribution in [-0.2, 0) is 6.54 Å². The van der Waals surface area contributed by atoms with Crippen LogP contribution < -0.4 is 5.56 Å². The number of aromatic nitrogens is 3. The normalized spacial score (nSPS) is 11.2. The van der Waals surface area contributed by atoms with Crippen molar-refractivity contribution in [3.8, 4) is 0 Å². The van der Waals surface area contributed by atoms with Gasteiger partial charge in [0.25, 0.3) is 5.56 Å². The van der Waals surface area contributed by atoms with E-state index >= 15 is 0 Å². The highest BCUT2D eigenvalue weighted by molar-refractivity contribution is 5.86. The Morgan fingerprint density at radius 1 is 0.905 bits per heavy atom. The molecule has 0 saturated carbocycles. The SMILES string of the molecule is O=c1c2cc3ccccc3n2cnn1Cc1ccccc1. The fourth-order valence-corrected chi connectivity index (χ4v) is 2.63. The third-order valence-electron chi connectivity index (χ3n) is 3.68. The number of para-hydroxylation sites is 1. The second-order valence-corrected chi connectivity index (χ2v) is 5.04. The van der Waals surface area contributed by atoms with Crippen LogP contribution in [0.4, 0.5) is 0 Å². The molecule has 2 aromatic heterocycles. The summed E-state index contributed by atoms with van der Waals surface area (Å²) in [7, 11) is 0. The first kappa shape index (κ1) is 11.9. The highest BCUT2D eigenvalue weighted by atomic mass is 16.1. The van der Waals surface area contributed by atoms with Crippen molar-refractivity contribution in [2.75, 3.05) is 0 Å². The van der Waals surface area contributed by atoms with Crippen LogP contribution in [0.2, 0.25) is 0 Å². The molecule has 0 amide bonds. The lowest BCUT2D eigenvalue weighted by atomic mass is 10.2. The van der Waals surface area contributed by atoms with Gasteiger partial charge in [0.15, 0.2) is 0 Å². The fourth-order valence-electron chi connectivity index (χ4n) is 2.63. The molecule has 4 rings (SSSR count). The molecule has 0 aliphatic rings. The van der Waals surface area contributed by atoms with Gasteiger partial charge in [-0.2, -0.15) is 5.10 Å². The van der Waals surface area contributed by atoms with Gasteiger partial charge in [0.2, 0.25) is 0 Å². The molecule has 0 aliphatic heterocycles. The lowest BCUT2D eigenvalue weighted by molar-refractivity contribution is 0.630. The third-order valence-corrected chi connectivity index (χ3v) is 3.68. The first-order valence-corrected chi connectivity index (χ1v) is 6.83. The van der Waals surface area contributed by atoms with Crippen LogP contribution in [0.15, 0.2) is 71.8 Å². The van der Waals surface area contributed by atoms with Gasteiger partial charge in [0.1, 0.15) is 11.8 Å². The zero-order chi connectivity index (χ0) is 14.2. The summed E-state index contributed by atoms with van der Waals surface area (Å²) in [6, 6.07) is 19.7. The molecule has 0 aliphatic carbocycles. The minimum absolute atomic E-state index is 0.0717. The van der Waals surface area contributed by atoms with Gasteiger partial charge >= 0.3 is 0 Å². The van der Waals surface area contributed by atoms with Crippen LogP contribution in [-0.4, -0.2) is 14.2 Å². The number of hydrogen-bond acceptors (Lipinski definition) is 2. The van der Waals surface area contributed by atoms with E-state index in [2.05, 4.69) is 5.10 Å². The topological polar surface area (TPSA) is 39.3 Å². The number of fused-ring (bicyclic) bond motifs is 3. The first-order chi connectivity index (χ1) is 10.3. The van der Waals surface area contributed by atoms with Gasteiger partial charge in [-0.3, -0.25) is 9.20 Å². The van der Waals surface area contributed by atoms with Crippen LogP contribution in [0.5, 0.6) is 0 Å². The maximum atomic E-state index is 12.6. The van der Waals surface area contributed by atoms with Crippen molar-refractivity contribution in [1.82, 2.24) is 14.2 Å². The molecular formula is C17H13N3O. The molecule has 102 valence electrons. The van der Waals surface area contributed by atoms with Crippen molar-refractivity contribution >= 4 is 16.4 Å². The summed E-state index contributed by atoms with van der Waals surface area (Å²) in [5.74, 6) is 0. The van der Waals surface area contributed by atoms with E-state index in [1.54, 1.807) is 6.33 Å². The Bertz CT molecular complexity index is 983. The molecule has 0 atom stereocenters. The monoisotopic (exact) mass is 275 g/mol. The minimum atomic E-state index is -0.0717. The molecule has 0 spiro atoms. The lowest BCUT2D eigenvalue weighted by Gasteiger charge is -2.05. The van der Waals surface area contributed by atoms with Crippen LogP contribution in [0.25, 0.3) is 16.4 Å². The zero-order valence-corrected chi connectivity index (χ0v) is 11.3. The molecule has 4 aromatic rings. The molecule has 0 fully saturated rings. The summed E-state index contributed by atoms with van der Waals surface area (Å²) in [5, 5.41) is 5.34. The van der Waals surface area contributed by atoms with Gasteiger partial charge in [-0.05, 0) is 17.7 Å². The van der Waals surface area contributed by atoms with Crippen LogP contribution in [0.1, 0.15) is 5.56 Å². The van der Waals surface area contributed by atoms with Crippen molar-refractivity contribution in [3.05, 3.63) is 82.9 Å². The van der Waals surface area contributed by atoms with Crippen LogP contribution in [0, 0.1) is 0 Å². The molecular weight excluding hydrogens is 262 g/mol. The standard InChI is InChI=1S/C17H13N3O/c21-17-16-10-14-8-4-5-9-15(14)19(16)12-18-20(17)11-13-6-2-1-3-7-13/h1-10,12H,11H2. The largest absolute Gasteiger partial charge is 0.294 e. The summed E-state index contributed by atoms with van der Waals surface area (Å²) in [6.45, 7) is 0.484. The average Bonchev–Trinajstić information content (AvgIpc) is 2.91. The summed E-state index contributed by atoms with van der Waals surface area (Å²) in [4.78, 5) is 12.6.